The van der Waals surface area contributed by atoms with Crippen LogP contribution in [-0.2, 0) is 4.79 Å². The number of rotatable bonds is 5. The Balaban J connectivity index is 2.16. The lowest BCUT2D eigenvalue weighted by molar-refractivity contribution is -0.118. The van der Waals surface area contributed by atoms with Crippen molar-refractivity contribution in [1.29, 1.82) is 0 Å². The molecule has 24 heavy (non-hydrogen) atoms. The van der Waals surface area contributed by atoms with Crippen molar-refractivity contribution < 1.29 is 19.8 Å². The number of hydrogen-bond donors (Lipinski definition) is 4. The quantitative estimate of drug-likeness (QED) is 0.373. The summed E-state index contributed by atoms with van der Waals surface area (Å²) >= 11 is 0. The van der Waals surface area contributed by atoms with E-state index in [-0.39, 0.29) is 28.7 Å². The Hall–Kier alpha value is -2.74. The lowest BCUT2D eigenvalue weighted by atomic mass is 10.1. The number of nitrogens with zero attached hydrogens (tertiary/aromatic N) is 2. The van der Waals surface area contributed by atoms with Gasteiger partial charge in [-0.3, -0.25) is 4.79 Å². The van der Waals surface area contributed by atoms with Gasteiger partial charge < -0.3 is 20.8 Å². The second-order valence-electron chi connectivity index (χ2n) is 5.45. The molecule has 1 aromatic rings. The summed E-state index contributed by atoms with van der Waals surface area (Å²) < 4.78 is 0. The molecule has 1 aliphatic rings. The maximum atomic E-state index is 12.3. The van der Waals surface area contributed by atoms with Crippen LogP contribution < -0.4 is 10.6 Å². The van der Waals surface area contributed by atoms with E-state index in [1.54, 1.807) is 12.1 Å². The molecule has 4 N–H and O–H groups in total. The zero-order valence-corrected chi connectivity index (χ0v) is 13.3. The summed E-state index contributed by atoms with van der Waals surface area (Å²) in [7, 11) is 0. The maximum Gasteiger partial charge on any atom is 0.337 e. The number of piperidine rings is 1. The van der Waals surface area contributed by atoms with Crippen molar-refractivity contribution in [3.63, 3.8) is 0 Å². The van der Waals surface area contributed by atoms with Crippen LogP contribution in [0.5, 0.6) is 0 Å². The van der Waals surface area contributed by atoms with Crippen molar-refractivity contribution in [3.05, 3.63) is 41.3 Å². The largest absolute Gasteiger partial charge is 0.510 e. The van der Waals surface area contributed by atoms with Gasteiger partial charge >= 0.3 is 5.97 Å². The predicted octanol–water partition coefficient (Wildman–Crippen LogP) is 2.13. The van der Waals surface area contributed by atoms with Crippen LogP contribution in [0.15, 0.2) is 46.0 Å². The van der Waals surface area contributed by atoms with E-state index in [1.165, 1.54) is 19.1 Å². The summed E-state index contributed by atoms with van der Waals surface area (Å²) in [5.41, 5.74) is -0.151. The van der Waals surface area contributed by atoms with E-state index in [9.17, 15) is 14.7 Å². The van der Waals surface area contributed by atoms with Crippen molar-refractivity contribution in [1.82, 2.24) is 10.6 Å². The van der Waals surface area contributed by atoms with Crippen molar-refractivity contribution in [3.8, 4) is 0 Å². The van der Waals surface area contributed by atoms with E-state index >= 15 is 0 Å². The first-order valence-corrected chi connectivity index (χ1v) is 7.64. The fourth-order valence-corrected chi connectivity index (χ4v) is 2.35. The molecule has 0 spiro atoms. The normalized spacial score (nSPS) is 16.7. The number of carbonyl (C=O) groups excluding carboxylic acids is 1. The summed E-state index contributed by atoms with van der Waals surface area (Å²) in [5, 5.41) is 32.4. The van der Waals surface area contributed by atoms with Crippen LogP contribution >= 0.6 is 0 Å². The molecule has 1 saturated heterocycles. The molecule has 1 amide bonds. The molecule has 0 saturated carbocycles. The molecule has 8 heteroatoms. The Kier molecular flexibility index (Phi) is 6.02. The van der Waals surface area contributed by atoms with Gasteiger partial charge in [0.05, 0.1) is 5.56 Å². The Bertz CT molecular complexity index is 674. The lowest BCUT2D eigenvalue weighted by Gasteiger charge is -2.23. The monoisotopic (exact) mass is 332 g/mol. The summed E-state index contributed by atoms with van der Waals surface area (Å²) in [6.07, 6.45) is 1.59. The first-order chi connectivity index (χ1) is 11.5. The number of hydrogen-bond acceptors (Lipinski definition) is 6. The van der Waals surface area contributed by atoms with E-state index in [2.05, 4.69) is 20.9 Å². The van der Waals surface area contributed by atoms with Crippen LogP contribution in [0.2, 0.25) is 0 Å². The van der Waals surface area contributed by atoms with Crippen molar-refractivity contribution >= 4 is 17.6 Å². The molecule has 1 heterocycles. The number of aliphatic hydroxyl groups is 1. The standard InChI is InChI=1S/C16H20N4O4/c1-10(21)14(15(22)18-11-6-8-17-9-7-11)20-19-13-5-3-2-4-12(13)16(23)24/h2-5,11,17,21H,6-9H2,1H3,(H,18,22)(H,23,24). The van der Waals surface area contributed by atoms with Crippen molar-refractivity contribution in [2.45, 2.75) is 25.8 Å². The minimum Gasteiger partial charge on any atom is -0.510 e. The second-order valence-corrected chi connectivity index (χ2v) is 5.45. The second kappa shape index (κ2) is 8.21. The van der Waals surface area contributed by atoms with Gasteiger partial charge in [0.25, 0.3) is 5.91 Å². The van der Waals surface area contributed by atoms with Crippen LogP contribution in [0.4, 0.5) is 5.69 Å². The number of azo groups is 1. The fraction of sp³-hybridized carbons (Fsp3) is 0.375. The number of carbonyl (C=O) groups is 2. The van der Waals surface area contributed by atoms with E-state index in [0.29, 0.717) is 0 Å². The summed E-state index contributed by atoms with van der Waals surface area (Å²) in [6.45, 7) is 2.96. The molecule has 0 radical (unpaired) electrons. The fourth-order valence-electron chi connectivity index (χ4n) is 2.35. The van der Waals surface area contributed by atoms with E-state index in [4.69, 9.17) is 5.11 Å². The molecule has 2 rings (SSSR count). The number of carboxylic acids is 1. The Morgan fingerprint density at radius 3 is 2.50 bits per heavy atom. The van der Waals surface area contributed by atoms with Gasteiger partial charge in [-0.2, -0.15) is 0 Å². The number of aliphatic hydroxyl groups excluding tert-OH is 1. The van der Waals surface area contributed by atoms with Gasteiger partial charge in [0.1, 0.15) is 11.4 Å². The first kappa shape index (κ1) is 17.6. The molecule has 0 unspecified atom stereocenters. The van der Waals surface area contributed by atoms with Gasteiger partial charge in [0.15, 0.2) is 5.70 Å². The molecule has 0 atom stereocenters. The molecule has 1 fully saturated rings. The van der Waals surface area contributed by atoms with Crippen LogP contribution in [0.3, 0.4) is 0 Å². The third-order valence-corrected chi connectivity index (χ3v) is 3.62. The van der Waals surface area contributed by atoms with Crippen molar-refractivity contribution in [2.75, 3.05) is 13.1 Å². The van der Waals surface area contributed by atoms with Crippen LogP contribution in [0.25, 0.3) is 0 Å². The lowest BCUT2D eigenvalue weighted by Crippen LogP contribution is -2.43. The molecule has 0 aliphatic carbocycles. The van der Waals surface area contributed by atoms with Gasteiger partial charge in [0, 0.05) is 6.04 Å². The highest BCUT2D eigenvalue weighted by Crippen LogP contribution is 2.20. The zero-order chi connectivity index (χ0) is 17.5. The average molecular weight is 332 g/mol. The molecule has 1 aliphatic heterocycles. The van der Waals surface area contributed by atoms with E-state index < -0.39 is 11.9 Å². The average Bonchev–Trinajstić information content (AvgIpc) is 2.56. The number of amides is 1. The topological polar surface area (TPSA) is 123 Å². The van der Waals surface area contributed by atoms with Crippen LogP contribution in [0.1, 0.15) is 30.1 Å². The zero-order valence-electron chi connectivity index (χ0n) is 13.3. The van der Waals surface area contributed by atoms with Gasteiger partial charge in [-0.15, -0.1) is 10.2 Å². The molecule has 1 aromatic carbocycles. The van der Waals surface area contributed by atoms with Crippen molar-refractivity contribution in [2.24, 2.45) is 10.2 Å². The molecule has 0 aromatic heterocycles. The van der Waals surface area contributed by atoms with Gasteiger partial charge in [-0.1, -0.05) is 12.1 Å². The number of benzene rings is 1. The summed E-state index contributed by atoms with van der Waals surface area (Å²) in [5.74, 6) is -1.95. The van der Waals surface area contributed by atoms with Crippen LogP contribution in [-0.4, -0.2) is 41.2 Å². The minimum atomic E-state index is -1.14. The highest BCUT2D eigenvalue weighted by molar-refractivity contribution is 5.94. The predicted molar refractivity (Wildman–Crippen MR) is 87.3 cm³/mol. The third kappa shape index (κ3) is 4.63. The highest BCUT2D eigenvalue weighted by atomic mass is 16.4. The number of carboxylic acid groups (broad SMARTS) is 1. The SMILES string of the molecule is CC(O)=C(N=Nc1ccccc1C(=O)O)C(=O)NC1CCNCC1. The van der Waals surface area contributed by atoms with E-state index in [1.807, 2.05) is 0 Å². The summed E-state index contributed by atoms with van der Waals surface area (Å²) in [4.78, 5) is 23.4. The van der Waals surface area contributed by atoms with Gasteiger partial charge in [-0.05, 0) is 45.0 Å². The molecular weight excluding hydrogens is 312 g/mol. The number of allylic oxidation sites excluding steroid dienone is 1. The first-order valence-electron chi connectivity index (χ1n) is 7.64. The molecule has 8 nitrogen and oxygen atoms in total. The van der Waals surface area contributed by atoms with Crippen LogP contribution in [0, 0.1) is 0 Å². The minimum absolute atomic E-state index is 0.00889. The Morgan fingerprint density at radius 2 is 1.88 bits per heavy atom. The molecule has 0 bridgehead atoms. The Labute approximate surface area is 139 Å². The summed E-state index contributed by atoms with van der Waals surface area (Å²) in [6, 6.07) is 6.06. The Morgan fingerprint density at radius 1 is 1.21 bits per heavy atom. The number of nitrogens with one attached hydrogen (secondary N) is 2. The van der Waals surface area contributed by atoms with E-state index in [0.717, 1.165) is 25.9 Å². The number of aromatic carboxylic acids is 1. The smallest absolute Gasteiger partial charge is 0.337 e. The highest BCUT2D eigenvalue weighted by Gasteiger charge is 2.20. The van der Waals surface area contributed by atoms with Gasteiger partial charge in [0.2, 0.25) is 0 Å². The molecular formula is C16H20N4O4. The third-order valence-electron chi connectivity index (χ3n) is 3.62. The van der Waals surface area contributed by atoms with Gasteiger partial charge in [-0.25, -0.2) is 4.79 Å². The maximum absolute atomic E-state index is 12.3. The molecule has 128 valence electrons.